The van der Waals surface area contributed by atoms with Crippen molar-refractivity contribution < 1.29 is 0 Å². The van der Waals surface area contributed by atoms with Crippen LogP contribution in [-0.4, -0.2) is 24.5 Å². The average molecular weight is 234 g/mol. The smallest absolute Gasteiger partial charge is 0.146 e. The predicted molar refractivity (Wildman–Crippen MR) is 64.2 cm³/mol. The first-order valence-corrected chi connectivity index (χ1v) is 5.64. The van der Waals surface area contributed by atoms with E-state index in [-0.39, 0.29) is 6.04 Å². The zero-order valence-electron chi connectivity index (χ0n) is 10.7. The van der Waals surface area contributed by atoms with Gasteiger partial charge in [-0.15, -0.1) is 10.2 Å². The summed E-state index contributed by atoms with van der Waals surface area (Å²) in [7, 11) is 3.88. The van der Waals surface area contributed by atoms with Gasteiger partial charge in [0.15, 0.2) is 0 Å². The van der Waals surface area contributed by atoms with Gasteiger partial charge in [0.25, 0.3) is 0 Å². The van der Waals surface area contributed by atoms with E-state index in [1.165, 1.54) is 5.56 Å². The summed E-state index contributed by atoms with van der Waals surface area (Å²) < 4.78 is 3.75. The quantitative estimate of drug-likeness (QED) is 0.846. The first-order chi connectivity index (χ1) is 8.08. The first-order valence-electron chi connectivity index (χ1n) is 5.64. The van der Waals surface area contributed by atoms with Crippen molar-refractivity contribution in [2.24, 2.45) is 14.1 Å². The second kappa shape index (κ2) is 4.67. The molecule has 2 rings (SSSR count). The van der Waals surface area contributed by atoms with Crippen LogP contribution in [0, 0.1) is 6.92 Å². The Morgan fingerprint density at radius 1 is 1.41 bits per heavy atom. The molecule has 6 nitrogen and oxygen atoms in total. The average Bonchev–Trinajstić information content (AvgIpc) is 2.81. The largest absolute Gasteiger partial charge is 0.320 e. The molecule has 0 amide bonds. The number of aromatic nitrogens is 5. The third-order valence-electron chi connectivity index (χ3n) is 2.89. The van der Waals surface area contributed by atoms with Crippen LogP contribution in [0.1, 0.15) is 30.0 Å². The lowest BCUT2D eigenvalue weighted by Crippen LogP contribution is -2.20. The molecule has 0 aromatic carbocycles. The van der Waals surface area contributed by atoms with E-state index in [0.717, 1.165) is 11.5 Å². The van der Waals surface area contributed by atoms with Gasteiger partial charge in [0.2, 0.25) is 0 Å². The van der Waals surface area contributed by atoms with Gasteiger partial charge >= 0.3 is 0 Å². The number of hydrogen-bond acceptors (Lipinski definition) is 4. The van der Waals surface area contributed by atoms with Gasteiger partial charge in [0.1, 0.15) is 12.2 Å². The molecule has 1 unspecified atom stereocenters. The Kier molecular flexibility index (Phi) is 3.23. The van der Waals surface area contributed by atoms with Crippen LogP contribution >= 0.6 is 0 Å². The normalized spacial score (nSPS) is 12.9. The Hall–Kier alpha value is -1.69. The van der Waals surface area contributed by atoms with Gasteiger partial charge in [-0.3, -0.25) is 4.68 Å². The first kappa shape index (κ1) is 11.8. The molecule has 0 saturated heterocycles. The van der Waals surface area contributed by atoms with Crippen molar-refractivity contribution in [1.29, 1.82) is 0 Å². The fourth-order valence-corrected chi connectivity index (χ4v) is 1.86. The minimum Gasteiger partial charge on any atom is -0.320 e. The van der Waals surface area contributed by atoms with Gasteiger partial charge < -0.3 is 9.88 Å². The van der Waals surface area contributed by atoms with Crippen molar-refractivity contribution >= 4 is 0 Å². The lowest BCUT2D eigenvalue weighted by Gasteiger charge is -2.12. The van der Waals surface area contributed by atoms with Gasteiger partial charge in [0.05, 0.1) is 12.2 Å². The van der Waals surface area contributed by atoms with Crippen LogP contribution in [0.4, 0.5) is 0 Å². The molecule has 2 aromatic rings. The Bertz CT molecular complexity index is 498. The van der Waals surface area contributed by atoms with E-state index in [2.05, 4.69) is 27.5 Å². The van der Waals surface area contributed by atoms with Crippen molar-refractivity contribution in [3.8, 4) is 0 Å². The zero-order chi connectivity index (χ0) is 12.4. The van der Waals surface area contributed by atoms with Gasteiger partial charge in [-0.25, -0.2) is 0 Å². The topological polar surface area (TPSA) is 60.6 Å². The molecular weight excluding hydrogens is 216 g/mol. The molecule has 6 heteroatoms. The van der Waals surface area contributed by atoms with E-state index in [9.17, 15) is 0 Å². The summed E-state index contributed by atoms with van der Waals surface area (Å²) in [5.74, 6) is 0.929. The standard InChI is InChI=1S/C11H18N6/c1-8(10-6-17(4)15-9(10)2)12-5-11-14-13-7-16(11)3/h6-8,12H,5H2,1-4H3. The van der Waals surface area contributed by atoms with Crippen LogP contribution in [-0.2, 0) is 20.6 Å². The highest BCUT2D eigenvalue weighted by atomic mass is 15.3. The highest BCUT2D eigenvalue weighted by molar-refractivity contribution is 5.19. The molecule has 1 N–H and O–H groups in total. The van der Waals surface area contributed by atoms with Crippen molar-refractivity contribution in [2.45, 2.75) is 26.4 Å². The molecule has 0 aliphatic heterocycles. The highest BCUT2D eigenvalue weighted by Crippen LogP contribution is 2.15. The fraction of sp³-hybridized carbons (Fsp3) is 0.545. The second-order valence-electron chi connectivity index (χ2n) is 4.30. The van der Waals surface area contributed by atoms with Gasteiger partial charge in [-0.2, -0.15) is 5.10 Å². The molecule has 0 radical (unpaired) electrons. The van der Waals surface area contributed by atoms with E-state index < -0.39 is 0 Å². The summed E-state index contributed by atoms with van der Waals surface area (Å²) in [5.41, 5.74) is 2.28. The summed E-state index contributed by atoms with van der Waals surface area (Å²) in [6.45, 7) is 4.85. The minimum atomic E-state index is 0.250. The van der Waals surface area contributed by atoms with Crippen LogP contribution in [0.3, 0.4) is 0 Å². The van der Waals surface area contributed by atoms with Crippen molar-refractivity contribution in [3.63, 3.8) is 0 Å². The monoisotopic (exact) mass is 234 g/mol. The summed E-state index contributed by atoms with van der Waals surface area (Å²) in [6, 6.07) is 0.250. The molecule has 0 aliphatic carbocycles. The molecule has 92 valence electrons. The molecule has 0 saturated carbocycles. The third kappa shape index (κ3) is 2.52. The molecule has 0 fully saturated rings. The minimum absolute atomic E-state index is 0.250. The predicted octanol–water partition coefficient (Wildman–Crippen LogP) is 0.708. The molecule has 0 aliphatic rings. The van der Waals surface area contributed by atoms with Gasteiger partial charge in [-0.1, -0.05) is 0 Å². The van der Waals surface area contributed by atoms with Crippen LogP contribution in [0.25, 0.3) is 0 Å². The van der Waals surface area contributed by atoms with E-state index in [4.69, 9.17) is 0 Å². The summed E-state index contributed by atoms with van der Waals surface area (Å²) in [5, 5.41) is 15.6. The number of rotatable bonds is 4. The van der Waals surface area contributed by atoms with Crippen molar-refractivity contribution in [3.05, 3.63) is 29.6 Å². The van der Waals surface area contributed by atoms with Crippen LogP contribution in [0.5, 0.6) is 0 Å². The number of nitrogens with one attached hydrogen (secondary N) is 1. The summed E-state index contributed by atoms with van der Waals surface area (Å²) in [4.78, 5) is 0. The Labute approximate surface area is 101 Å². The molecule has 17 heavy (non-hydrogen) atoms. The number of aryl methyl sites for hydroxylation is 3. The molecule has 1 atom stereocenters. The van der Waals surface area contributed by atoms with E-state index in [0.29, 0.717) is 6.54 Å². The number of nitrogens with zero attached hydrogens (tertiary/aromatic N) is 5. The second-order valence-corrected chi connectivity index (χ2v) is 4.30. The highest BCUT2D eigenvalue weighted by Gasteiger charge is 2.12. The molecule has 2 heterocycles. The van der Waals surface area contributed by atoms with E-state index >= 15 is 0 Å². The SMILES string of the molecule is Cc1nn(C)cc1C(C)NCc1nncn1C. The lowest BCUT2D eigenvalue weighted by atomic mass is 10.1. The molecular formula is C11H18N6. The van der Waals surface area contributed by atoms with Crippen molar-refractivity contribution in [1.82, 2.24) is 29.9 Å². The molecule has 0 bridgehead atoms. The number of hydrogen-bond donors (Lipinski definition) is 1. The van der Waals surface area contributed by atoms with Gasteiger partial charge in [0, 0.05) is 31.9 Å². The maximum absolute atomic E-state index is 4.34. The molecule has 2 aromatic heterocycles. The van der Waals surface area contributed by atoms with Crippen LogP contribution < -0.4 is 5.32 Å². The maximum Gasteiger partial charge on any atom is 0.146 e. The lowest BCUT2D eigenvalue weighted by molar-refractivity contribution is 0.546. The van der Waals surface area contributed by atoms with Crippen LogP contribution in [0.2, 0.25) is 0 Å². The molecule has 0 spiro atoms. The Morgan fingerprint density at radius 2 is 2.18 bits per heavy atom. The summed E-state index contributed by atoms with van der Waals surface area (Å²) >= 11 is 0. The zero-order valence-corrected chi connectivity index (χ0v) is 10.7. The van der Waals surface area contributed by atoms with Crippen molar-refractivity contribution in [2.75, 3.05) is 0 Å². The summed E-state index contributed by atoms with van der Waals surface area (Å²) in [6.07, 6.45) is 3.75. The van der Waals surface area contributed by atoms with Gasteiger partial charge in [-0.05, 0) is 13.8 Å². The Morgan fingerprint density at radius 3 is 2.71 bits per heavy atom. The van der Waals surface area contributed by atoms with E-state index in [1.54, 1.807) is 6.33 Å². The third-order valence-corrected chi connectivity index (χ3v) is 2.89. The maximum atomic E-state index is 4.34. The fourth-order valence-electron chi connectivity index (χ4n) is 1.86. The van der Waals surface area contributed by atoms with Crippen LogP contribution in [0.15, 0.2) is 12.5 Å². The van der Waals surface area contributed by atoms with E-state index in [1.807, 2.05) is 36.5 Å². The Balaban J connectivity index is 2.00.